The summed E-state index contributed by atoms with van der Waals surface area (Å²) in [5.41, 5.74) is 2.82. The minimum atomic E-state index is 1.03. The molecule has 3 heterocycles. The minimum Gasteiger partial charge on any atom is -0.148 e. The highest BCUT2D eigenvalue weighted by Gasteiger charge is 2.07. The molecular weight excluding hydrogens is 404 g/mol. The fourth-order valence-electron chi connectivity index (χ4n) is 2.78. The molecule has 0 aliphatic rings. The van der Waals surface area contributed by atoms with Crippen LogP contribution in [-0.2, 0) is 12.8 Å². The van der Waals surface area contributed by atoms with Gasteiger partial charge in [0, 0.05) is 36.6 Å². The average Bonchev–Trinajstić information content (AvgIpc) is 3.21. The molecule has 3 aromatic heterocycles. The second-order valence-electron chi connectivity index (χ2n) is 5.70. The Labute approximate surface area is 156 Å². The molecule has 0 nitrogen and oxygen atoms in total. The normalized spacial score (nSPS) is 11.4. The van der Waals surface area contributed by atoms with E-state index in [0.29, 0.717) is 0 Å². The molecule has 4 aromatic rings. The van der Waals surface area contributed by atoms with Gasteiger partial charge in [0.15, 0.2) is 0 Å². The summed E-state index contributed by atoms with van der Waals surface area (Å²) in [5.74, 6) is 0. The van der Waals surface area contributed by atoms with Crippen molar-refractivity contribution in [3.05, 3.63) is 77.4 Å². The first-order valence-corrected chi connectivity index (χ1v) is 10.8. The summed E-state index contributed by atoms with van der Waals surface area (Å²) in [6.45, 7) is 2.18. The zero-order valence-corrected chi connectivity index (χ0v) is 16.7. The van der Waals surface area contributed by atoms with Gasteiger partial charge in [0.05, 0.1) is 0 Å². The van der Waals surface area contributed by atoms with Crippen LogP contribution < -0.4 is 0 Å². The van der Waals surface area contributed by atoms with Crippen molar-refractivity contribution in [2.24, 2.45) is 0 Å². The molecule has 4 rings (SSSR count). The number of benzene rings is 1. The standard InChI is InChI=1S/C19H15BrS3/c1-12-6-15-7-13(2-3-18(15)23-12)8-16-9-14(11-22-16)10-19-17(20)4-5-21-19/h2-7,9,11H,8,10H2,1H3. The summed E-state index contributed by atoms with van der Waals surface area (Å²) in [6, 6.07) is 13.7. The van der Waals surface area contributed by atoms with E-state index in [1.165, 1.54) is 40.3 Å². The molecule has 0 aliphatic heterocycles. The van der Waals surface area contributed by atoms with E-state index in [2.05, 4.69) is 70.0 Å². The fraction of sp³-hybridized carbons (Fsp3) is 0.158. The molecule has 0 fully saturated rings. The molecule has 0 atom stereocenters. The van der Waals surface area contributed by atoms with Gasteiger partial charge in [0.1, 0.15) is 0 Å². The lowest BCUT2D eigenvalue weighted by molar-refractivity contribution is 1.21. The highest BCUT2D eigenvalue weighted by molar-refractivity contribution is 9.10. The van der Waals surface area contributed by atoms with Gasteiger partial charge in [0.2, 0.25) is 0 Å². The highest BCUT2D eigenvalue weighted by atomic mass is 79.9. The van der Waals surface area contributed by atoms with E-state index < -0.39 is 0 Å². The number of halogens is 1. The Morgan fingerprint density at radius 1 is 0.957 bits per heavy atom. The zero-order chi connectivity index (χ0) is 15.8. The maximum Gasteiger partial charge on any atom is 0.0345 e. The van der Waals surface area contributed by atoms with Crippen molar-refractivity contribution in [3.8, 4) is 0 Å². The number of aryl methyl sites for hydroxylation is 1. The van der Waals surface area contributed by atoms with E-state index in [1.54, 1.807) is 0 Å². The fourth-order valence-corrected chi connectivity index (χ4v) is 6.14. The highest BCUT2D eigenvalue weighted by Crippen LogP contribution is 2.29. The van der Waals surface area contributed by atoms with Crippen molar-refractivity contribution in [3.63, 3.8) is 0 Å². The van der Waals surface area contributed by atoms with Crippen molar-refractivity contribution < 1.29 is 0 Å². The molecule has 0 unspecified atom stereocenters. The van der Waals surface area contributed by atoms with Crippen LogP contribution >= 0.6 is 49.9 Å². The first-order valence-electron chi connectivity index (χ1n) is 7.44. The summed E-state index contributed by atoms with van der Waals surface area (Å²) in [7, 11) is 0. The Bertz CT molecular complexity index is 958. The Balaban J connectivity index is 1.53. The van der Waals surface area contributed by atoms with E-state index in [9.17, 15) is 0 Å². The SMILES string of the molecule is Cc1cc2cc(Cc3cc(Cc4sccc4Br)cs3)ccc2s1. The number of hydrogen-bond acceptors (Lipinski definition) is 3. The third kappa shape index (κ3) is 3.45. The van der Waals surface area contributed by atoms with Crippen LogP contribution in [0.1, 0.15) is 25.8 Å². The first-order chi connectivity index (χ1) is 11.2. The zero-order valence-electron chi connectivity index (χ0n) is 12.6. The summed E-state index contributed by atoms with van der Waals surface area (Å²) < 4.78 is 2.62. The van der Waals surface area contributed by atoms with Crippen LogP contribution in [0, 0.1) is 6.92 Å². The van der Waals surface area contributed by atoms with Gasteiger partial charge in [-0.3, -0.25) is 0 Å². The van der Waals surface area contributed by atoms with Gasteiger partial charge in [-0.25, -0.2) is 0 Å². The van der Waals surface area contributed by atoms with Crippen LogP contribution in [0.4, 0.5) is 0 Å². The lowest BCUT2D eigenvalue weighted by atomic mass is 10.1. The molecule has 0 N–H and O–H groups in total. The van der Waals surface area contributed by atoms with Crippen LogP contribution in [0.15, 0.2) is 51.6 Å². The molecule has 0 saturated heterocycles. The topological polar surface area (TPSA) is 0 Å². The van der Waals surface area contributed by atoms with Gasteiger partial charge in [-0.05, 0) is 80.5 Å². The maximum atomic E-state index is 3.62. The number of thiophene rings is 3. The van der Waals surface area contributed by atoms with Gasteiger partial charge in [-0.15, -0.1) is 34.0 Å². The van der Waals surface area contributed by atoms with E-state index in [-0.39, 0.29) is 0 Å². The molecule has 0 spiro atoms. The molecular formula is C19H15BrS3. The van der Waals surface area contributed by atoms with Crippen LogP contribution in [0.3, 0.4) is 0 Å². The Morgan fingerprint density at radius 3 is 2.70 bits per heavy atom. The molecule has 23 heavy (non-hydrogen) atoms. The lowest BCUT2D eigenvalue weighted by Crippen LogP contribution is -1.85. The van der Waals surface area contributed by atoms with E-state index in [4.69, 9.17) is 0 Å². The van der Waals surface area contributed by atoms with Crippen molar-refractivity contribution >= 4 is 60.0 Å². The molecule has 0 saturated carbocycles. The molecule has 1 aromatic carbocycles. The van der Waals surface area contributed by atoms with Crippen LogP contribution in [0.25, 0.3) is 10.1 Å². The van der Waals surface area contributed by atoms with E-state index in [0.717, 1.165) is 12.8 Å². The Morgan fingerprint density at radius 2 is 1.87 bits per heavy atom. The predicted octanol–water partition coefficient (Wildman–Crippen LogP) is 7.28. The monoisotopic (exact) mass is 418 g/mol. The summed E-state index contributed by atoms with van der Waals surface area (Å²) in [6.07, 6.45) is 2.05. The predicted molar refractivity (Wildman–Crippen MR) is 109 cm³/mol. The summed E-state index contributed by atoms with van der Waals surface area (Å²) >= 11 is 9.19. The van der Waals surface area contributed by atoms with E-state index in [1.807, 2.05) is 34.0 Å². The number of fused-ring (bicyclic) bond motifs is 1. The Hall–Kier alpha value is -0.940. The molecule has 0 amide bonds. The summed E-state index contributed by atoms with van der Waals surface area (Å²) in [5, 5.41) is 5.82. The number of rotatable bonds is 4. The third-order valence-electron chi connectivity index (χ3n) is 3.85. The molecule has 116 valence electrons. The van der Waals surface area contributed by atoms with Gasteiger partial charge < -0.3 is 0 Å². The maximum absolute atomic E-state index is 3.62. The van der Waals surface area contributed by atoms with Crippen molar-refractivity contribution in [1.82, 2.24) is 0 Å². The van der Waals surface area contributed by atoms with Crippen LogP contribution in [0.2, 0.25) is 0 Å². The second kappa shape index (κ2) is 6.52. The van der Waals surface area contributed by atoms with Crippen molar-refractivity contribution in [2.75, 3.05) is 0 Å². The van der Waals surface area contributed by atoms with Gasteiger partial charge >= 0.3 is 0 Å². The van der Waals surface area contributed by atoms with Gasteiger partial charge in [-0.2, -0.15) is 0 Å². The molecule has 0 bridgehead atoms. The first kappa shape index (κ1) is 15.6. The quantitative estimate of drug-likeness (QED) is 0.326. The van der Waals surface area contributed by atoms with Gasteiger partial charge in [0.25, 0.3) is 0 Å². The van der Waals surface area contributed by atoms with Gasteiger partial charge in [-0.1, -0.05) is 6.07 Å². The molecule has 0 radical (unpaired) electrons. The Kier molecular flexibility index (Phi) is 4.41. The average molecular weight is 419 g/mol. The lowest BCUT2D eigenvalue weighted by Gasteiger charge is -1.99. The minimum absolute atomic E-state index is 1.03. The van der Waals surface area contributed by atoms with E-state index >= 15 is 0 Å². The summed E-state index contributed by atoms with van der Waals surface area (Å²) in [4.78, 5) is 4.24. The molecule has 4 heteroatoms. The smallest absolute Gasteiger partial charge is 0.0345 e. The van der Waals surface area contributed by atoms with Crippen LogP contribution in [-0.4, -0.2) is 0 Å². The third-order valence-corrected chi connectivity index (χ3v) is 7.79. The van der Waals surface area contributed by atoms with Crippen LogP contribution in [0.5, 0.6) is 0 Å². The number of hydrogen-bond donors (Lipinski definition) is 0. The largest absolute Gasteiger partial charge is 0.148 e. The molecule has 0 aliphatic carbocycles. The second-order valence-corrected chi connectivity index (χ2v) is 9.83. The van der Waals surface area contributed by atoms with Crippen molar-refractivity contribution in [2.45, 2.75) is 19.8 Å². The van der Waals surface area contributed by atoms with Crippen molar-refractivity contribution in [1.29, 1.82) is 0 Å².